The van der Waals surface area contributed by atoms with Gasteiger partial charge in [0.05, 0.1) is 12.2 Å². The number of halogens is 4. The van der Waals surface area contributed by atoms with Gasteiger partial charge in [-0.3, -0.25) is 0 Å². The van der Waals surface area contributed by atoms with E-state index in [1.54, 1.807) is 29.5 Å². The van der Waals surface area contributed by atoms with Gasteiger partial charge in [-0.15, -0.1) is 13.2 Å². The maximum Gasteiger partial charge on any atom is 0.573 e. The van der Waals surface area contributed by atoms with Crippen molar-refractivity contribution < 1.29 is 27.4 Å². The second kappa shape index (κ2) is 5.72. The summed E-state index contributed by atoms with van der Waals surface area (Å²) in [4.78, 5) is 15.2. The van der Waals surface area contributed by atoms with Crippen molar-refractivity contribution in [3.8, 4) is 5.75 Å². The van der Waals surface area contributed by atoms with Gasteiger partial charge in [0.2, 0.25) is 0 Å². The minimum Gasteiger partial charge on any atom is -0.462 e. The third-order valence-corrected chi connectivity index (χ3v) is 2.72. The van der Waals surface area contributed by atoms with E-state index in [4.69, 9.17) is 4.74 Å². The van der Waals surface area contributed by atoms with Crippen molar-refractivity contribution in [1.82, 2.24) is 4.98 Å². The van der Waals surface area contributed by atoms with Crippen LogP contribution in [-0.4, -0.2) is 23.9 Å². The molecule has 1 aromatic rings. The van der Waals surface area contributed by atoms with Crippen LogP contribution in [0, 0.1) is 10.6 Å². The quantitative estimate of drug-likeness (QED) is 0.463. The van der Waals surface area contributed by atoms with Gasteiger partial charge >= 0.3 is 12.3 Å². The number of carbonyl (C=O) groups excluding carboxylic acids is 1. The third-order valence-electron chi connectivity index (χ3n) is 1.95. The summed E-state index contributed by atoms with van der Waals surface area (Å²) >= 11 is 1.60. The Hall–Kier alpha value is -1.06. The molecule has 0 saturated carbocycles. The van der Waals surface area contributed by atoms with Crippen molar-refractivity contribution in [3.63, 3.8) is 0 Å². The Kier molecular flexibility index (Phi) is 4.77. The van der Waals surface area contributed by atoms with Crippen molar-refractivity contribution in [1.29, 1.82) is 0 Å². The Morgan fingerprint density at radius 2 is 2.11 bits per heavy atom. The van der Waals surface area contributed by atoms with Crippen LogP contribution in [0.3, 0.4) is 0 Å². The standard InChI is InChI=1S/C10H9F3INO3/c1-3-17-9(16)6-4-15-8(14)7(5(6)2)18-10(11,12)13/h4H,3H2,1-2H3. The van der Waals surface area contributed by atoms with Crippen LogP contribution in [-0.2, 0) is 4.74 Å². The molecule has 100 valence electrons. The molecule has 0 radical (unpaired) electrons. The third kappa shape index (κ3) is 3.72. The Morgan fingerprint density at radius 1 is 1.50 bits per heavy atom. The lowest BCUT2D eigenvalue weighted by molar-refractivity contribution is -0.275. The average molecular weight is 375 g/mol. The summed E-state index contributed by atoms with van der Waals surface area (Å²) in [6.45, 7) is 3.07. The summed E-state index contributed by atoms with van der Waals surface area (Å²) in [5.74, 6) is -1.21. The smallest absolute Gasteiger partial charge is 0.462 e. The number of ether oxygens (including phenoxy) is 2. The van der Waals surface area contributed by atoms with Crippen molar-refractivity contribution in [3.05, 3.63) is 21.0 Å². The molecule has 0 N–H and O–H groups in total. The molecule has 1 aromatic heterocycles. The summed E-state index contributed by atoms with van der Waals surface area (Å²) in [5.41, 5.74) is 0.00157. The first-order valence-corrected chi connectivity index (χ1v) is 5.92. The van der Waals surface area contributed by atoms with E-state index in [2.05, 4.69) is 9.72 Å². The molecule has 1 heterocycles. The minimum absolute atomic E-state index is 0.0236. The SMILES string of the molecule is CCOC(=O)c1cnc(I)c(OC(F)(F)F)c1C. The predicted octanol–water partition coefficient (Wildman–Crippen LogP) is 3.07. The van der Waals surface area contributed by atoms with E-state index in [9.17, 15) is 18.0 Å². The van der Waals surface area contributed by atoms with E-state index >= 15 is 0 Å². The number of nitrogens with zero attached hydrogens (tertiary/aromatic N) is 1. The Balaban J connectivity index is 3.18. The van der Waals surface area contributed by atoms with Gasteiger partial charge in [-0.25, -0.2) is 9.78 Å². The fourth-order valence-electron chi connectivity index (χ4n) is 1.20. The van der Waals surface area contributed by atoms with Crippen molar-refractivity contribution in [2.24, 2.45) is 0 Å². The zero-order valence-corrected chi connectivity index (χ0v) is 11.6. The number of carbonyl (C=O) groups is 1. The van der Waals surface area contributed by atoms with Crippen LogP contribution in [0.5, 0.6) is 5.75 Å². The molecule has 0 unspecified atom stereocenters. The summed E-state index contributed by atoms with van der Waals surface area (Å²) in [7, 11) is 0. The van der Waals surface area contributed by atoms with Crippen LogP contribution >= 0.6 is 22.6 Å². The number of rotatable bonds is 3. The Bertz CT molecular complexity index is 462. The molecule has 0 atom stereocenters. The highest BCUT2D eigenvalue weighted by Crippen LogP contribution is 2.31. The second-order valence-corrected chi connectivity index (χ2v) is 4.21. The predicted molar refractivity (Wildman–Crippen MR) is 64.3 cm³/mol. The van der Waals surface area contributed by atoms with Gasteiger partial charge in [0.15, 0.2) is 5.75 Å². The molecule has 4 nitrogen and oxygen atoms in total. The van der Waals surface area contributed by atoms with Gasteiger partial charge in [-0.05, 0) is 36.4 Å². The largest absolute Gasteiger partial charge is 0.573 e. The highest BCUT2D eigenvalue weighted by atomic mass is 127. The molecule has 0 spiro atoms. The number of hydrogen-bond acceptors (Lipinski definition) is 4. The highest BCUT2D eigenvalue weighted by Gasteiger charge is 2.34. The molecule has 0 aliphatic rings. The maximum absolute atomic E-state index is 12.2. The Morgan fingerprint density at radius 3 is 2.61 bits per heavy atom. The second-order valence-electron chi connectivity index (χ2n) is 3.19. The number of aromatic nitrogens is 1. The first-order chi connectivity index (χ1) is 8.26. The van der Waals surface area contributed by atoms with E-state index in [0.29, 0.717) is 0 Å². The summed E-state index contributed by atoms with van der Waals surface area (Å²) in [6, 6.07) is 0. The van der Waals surface area contributed by atoms with E-state index in [1.165, 1.54) is 13.1 Å². The van der Waals surface area contributed by atoms with Gasteiger partial charge in [0.1, 0.15) is 3.70 Å². The Labute approximate surface area is 115 Å². The van der Waals surface area contributed by atoms with Gasteiger partial charge in [-0.2, -0.15) is 0 Å². The molecule has 8 heteroatoms. The fourth-order valence-corrected chi connectivity index (χ4v) is 1.86. The van der Waals surface area contributed by atoms with Crippen LogP contribution in [0.25, 0.3) is 0 Å². The number of hydrogen-bond donors (Lipinski definition) is 0. The molecule has 0 amide bonds. The van der Waals surface area contributed by atoms with Crippen LogP contribution in [0.1, 0.15) is 22.8 Å². The zero-order valence-electron chi connectivity index (χ0n) is 9.47. The minimum atomic E-state index is -4.83. The lowest BCUT2D eigenvalue weighted by atomic mass is 10.1. The van der Waals surface area contributed by atoms with Crippen LogP contribution in [0.15, 0.2) is 6.20 Å². The van der Waals surface area contributed by atoms with Gasteiger partial charge in [0, 0.05) is 11.8 Å². The number of alkyl halides is 3. The van der Waals surface area contributed by atoms with Crippen molar-refractivity contribution in [2.45, 2.75) is 20.2 Å². The van der Waals surface area contributed by atoms with E-state index in [0.717, 1.165) is 0 Å². The molecule has 0 aromatic carbocycles. The maximum atomic E-state index is 12.2. The number of pyridine rings is 1. The van der Waals surface area contributed by atoms with E-state index in [1.807, 2.05) is 0 Å². The molecule has 0 fully saturated rings. The van der Waals surface area contributed by atoms with Crippen molar-refractivity contribution >= 4 is 28.6 Å². The normalized spacial score (nSPS) is 11.2. The lowest BCUT2D eigenvalue weighted by Crippen LogP contribution is -2.20. The van der Waals surface area contributed by atoms with Crippen molar-refractivity contribution in [2.75, 3.05) is 6.61 Å². The summed E-state index contributed by atoms with van der Waals surface area (Å²) in [5, 5.41) is 0. The van der Waals surface area contributed by atoms with Gasteiger partial charge in [-0.1, -0.05) is 0 Å². The van der Waals surface area contributed by atoms with Crippen LogP contribution < -0.4 is 4.74 Å². The molecular formula is C10H9F3INO3. The molecule has 0 saturated heterocycles. The van der Waals surface area contributed by atoms with Gasteiger partial charge < -0.3 is 9.47 Å². The fraction of sp³-hybridized carbons (Fsp3) is 0.400. The van der Waals surface area contributed by atoms with Gasteiger partial charge in [0.25, 0.3) is 0 Å². The monoisotopic (exact) mass is 375 g/mol. The van der Waals surface area contributed by atoms with Crippen LogP contribution in [0.2, 0.25) is 0 Å². The average Bonchev–Trinajstić information content (AvgIpc) is 2.23. The van der Waals surface area contributed by atoms with E-state index in [-0.39, 0.29) is 21.4 Å². The van der Waals surface area contributed by atoms with Crippen LogP contribution in [0.4, 0.5) is 13.2 Å². The molecule has 1 rings (SSSR count). The first kappa shape index (κ1) is 15.0. The molecule has 0 aliphatic carbocycles. The topological polar surface area (TPSA) is 48.4 Å². The highest BCUT2D eigenvalue weighted by molar-refractivity contribution is 14.1. The summed E-state index contributed by atoms with van der Waals surface area (Å²) in [6.07, 6.45) is -3.67. The number of esters is 1. The first-order valence-electron chi connectivity index (χ1n) is 4.84. The molecule has 0 aliphatic heterocycles. The lowest BCUT2D eigenvalue weighted by Gasteiger charge is -2.14. The molecule has 0 bridgehead atoms. The summed E-state index contributed by atoms with van der Waals surface area (Å²) < 4.78 is 45.2. The zero-order chi connectivity index (χ0) is 13.9. The molecular weight excluding hydrogens is 366 g/mol. The molecule has 18 heavy (non-hydrogen) atoms. The van der Waals surface area contributed by atoms with E-state index < -0.39 is 18.1 Å².